The van der Waals surface area contributed by atoms with Crippen LogP contribution < -0.4 is 0 Å². The van der Waals surface area contributed by atoms with Crippen LogP contribution in [0.2, 0.25) is 0 Å². The minimum atomic E-state index is 0.477. The summed E-state index contributed by atoms with van der Waals surface area (Å²) in [6.45, 7) is 4.35. The second-order valence-corrected chi connectivity index (χ2v) is 4.59. The third-order valence-corrected chi connectivity index (χ3v) is 3.03. The van der Waals surface area contributed by atoms with Gasteiger partial charge in [0.15, 0.2) is 0 Å². The Balaban J connectivity index is 2.13. The lowest BCUT2D eigenvalue weighted by Crippen LogP contribution is -1.92. The molecule has 3 heterocycles. The molecule has 0 atom stereocenters. The highest BCUT2D eigenvalue weighted by Gasteiger charge is 2.08. The predicted molar refractivity (Wildman–Crippen MR) is 70.3 cm³/mol. The standard InChI is InChI=1S/C14H14N4/c1-10(2)12-7-17-18-9-11(3-4-14(12)18)13-8-15-5-6-16-13/h3-10H,1-2H3. The molecule has 0 amide bonds. The van der Waals surface area contributed by atoms with Crippen molar-refractivity contribution in [2.75, 3.05) is 0 Å². The van der Waals surface area contributed by atoms with Crippen molar-refractivity contribution < 1.29 is 0 Å². The summed E-state index contributed by atoms with van der Waals surface area (Å²) in [7, 11) is 0. The van der Waals surface area contributed by atoms with E-state index in [4.69, 9.17) is 0 Å². The van der Waals surface area contributed by atoms with E-state index in [1.54, 1.807) is 18.6 Å². The fourth-order valence-electron chi connectivity index (χ4n) is 2.05. The fourth-order valence-corrected chi connectivity index (χ4v) is 2.05. The molecular formula is C14H14N4. The molecule has 3 aromatic heterocycles. The monoisotopic (exact) mass is 238 g/mol. The number of hydrogen-bond acceptors (Lipinski definition) is 3. The summed E-state index contributed by atoms with van der Waals surface area (Å²) in [6.07, 6.45) is 9.05. The van der Waals surface area contributed by atoms with Crippen molar-refractivity contribution in [3.63, 3.8) is 0 Å². The number of aromatic nitrogens is 4. The molecule has 0 saturated carbocycles. The third kappa shape index (κ3) is 1.76. The van der Waals surface area contributed by atoms with E-state index < -0.39 is 0 Å². The third-order valence-electron chi connectivity index (χ3n) is 3.03. The van der Waals surface area contributed by atoms with Gasteiger partial charge in [-0.1, -0.05) is 13.8 Å². The zero-order valence-corrected chi connectivity index (χ0v) is 10.4. The predicted octanol–water partition coefficient (Wildman–Crippen LogP) is 2.91. The van der Waals surface area contributed by atoms with Crippen LogP contribution in [0.5, 0.6) is 0 Å². The van der Waals surface area contributed by atoms with Crippen LogP contribution in [0.15, 0.2) is 43.1 Å². The lowest BCUT2D eigenvalue weighted by molar-refractivity contribution is 0.875. The summed E-state index contributed by atoms with van der Waals surface area (Å²) < 4.78 is 1.90. The molecule has 0 radical (unpaired) electrons. The van der Waals surface area contributed by atoms with E-state index in [1.165, 1.54) is 5.56 Å². The highest BCUT2D eigenvalue weighted by atomic mass is 15.2. The molecule has 3 aromatic rings. The van der Waals surface area contributed by atoms with Crippen LogP contribution in [-0.4, -0.2) is 19.6 Å². The Morgan fingerprint density at radius 2 is 2.00 bits per heavy atom. The minimum absolute atomic E-state index is 0.477. The van der Waals surface area contributed by atoms with Crippen LogP contribution in [0.3, 0.4) is 0 Å². The molecule has 0 bridgehead atoms. The Morgan fingerprint density at radius 3 is 2.72 bits per heavy atom. The molecule has 0 saturated heterocycles. The van der Waals surface area contributed by atoms with Gasteiger partial charge in [-0.2, -0.15) is 5.10 Å². The summed E-state index contributed by atoms with van der Waals surface area (Å²) >= 11 is 0. The molecule has 0 aromatic carbocycles. The van der Waals surface area contributed by atoms with Crippen molar-refractivity contribution >= 4 is 5.52 Å². The van der Waals surface area contributed by atoms with E-state index in [2.05, 4.69) is 41.0 Å². The summed E-state index contributed by atoms with van der Waals surface area (Å²) in [5.74, 6) is 0.477. The van der Waals surface area contributed by atoms with Crippen LogP contribution in [0.1, 0.15) is 25.3 Å². The van der Waals surface area contributed by atoms with Gasteiger partial charge in [0, 0.05) is 29.7 Å². The molecule has 0 aliphatic heterocycles. The van der Waals surface area contributed by atoms with Crippen molar-refractivity contribution in [1.82, 2.24) is 19.6 Å². The van der Waals surface area contributed by atoms with E-state index in [0.717, 1.165) is 16.8 Å². The Kier molecular flexibility index (Phi) is 2.55. The summed E-state index contributed by atoms with van der Waals surface area (Å²) in [5.41, 5.74) is 4.30. The van der Waals surface area contributed by atoms with Gasteiger partial charge in [-0.15, -0.1) is 0 Å². The van der Waals surface area contributed by atoms with Crippen LogP contribution in [0, 0.1) is 0 Å². The highest BCUT2D eigenvalue weighted by molar-refractivity contribution is 5.63. The SMILES string of the molecule is CC(C)c1cnn2cc(-c3cnccn3)ccc12. The second kappa shape index (κ2) is 4.22. The first-order valence-electron chi connectivity index (χ1n) is 5.99. The molecule has 0 N–H and O–H groups in total. The van der Waals surface area contributed by atoms with Gasteiger partial charge in [-0.05, 0) is 18.1 Å². The van der Waals surface area contributed by atoms with Crippen molar-refractivity contribution in [2.45, 2.75) is 19.8 Å². The van der Waals surface area contributed by atoms with E-state index >= 15 is 0 Å². The van der Waals surface area contributed by atoms with E-state index in [-0.39, 0.29) is 0 Å². The lowest BCUT2D eigenvalue weighted by atomic mass is 10.1. The van der Waals surface area contributed by atoms with E-state index in [0.29, 0.717) is 5.92 Å². The van der Waals surface area contributed by atoms with Crippen LogP contribution in [0.4, 0.5) is 0 Å². The molecular weight excluding hydrogens is 224 g/mol. The number of nitrogens with zero attached hydrogens (tertiary/aromatic N) is 4. The molecule has 18 heavy (non-hydrogen) atoms. The summed E-state index contributed by atoms with van der Waals surface area (Å²) in [6, 6.07) is 4.15. The van der Waals surface area contributed by atoms with Gasteiger partial charge >= 0.3 is 0 Å². The maximum absolute atomic E-state index is 4.39. The quantitative estimate of drug-likeness (QED) is 0.689. The minimum Gasteiger partial charge on any atom is -0.261 e. The van der Waals surface area contributed by atoms with Crippen molar-refractivity contribution in [2.24, 2.45) is 0 Å². The average molecular weight is 238 g/mol. The fraction of sp³-hybridized carbons (Fsp3) is 0.214. The largest absolute Gasteiger partial charge is 0.261 e. The first-order valence-corrected chi connectivity index (χ1v) is 5.99. The molecule has 4 heteroatoms. The smallest absolute Gasteiger partial charge is 0.0900 e. The molecule has 0 aliphatic rings. The Hall–Kier alpha value is -2.23. The number of fused-ring (bicyclic) bond motifs is 1. The van der Waals surface area contributed by atoms with E-state index in [9.17, 15) is 0 Å². The first-order chi connectivity index (χ1) is 8.75. The average Bonchev–Trinajstić information content (AvgIpc) is 2.82. The molecule has 0 spiro atoms. The Morgan fingerprint density at radius 1 is 1.11 bits per heavy atom. The maximum Gasteiger partial charge on any atom is 0.0900 e. The molecule has 4 nitrogen and oxygen atoms in total. The highest BCUT2D eigenvalue weighted by Crippen LogP contribution is 2.23. The summed E-state index contributed by atoms with van der Waals surface area (Å²) in [5, 5.41) is 4.39. The van der Waals surface area contributed by atoms with Crippen molar-refractivity contribution in [1.29, 1.82) is 0 Å². The maximum atomic E-state index is 4.39. The van der Waals surface area contributed by atoms with Gasteiger partial charge in [0.2, 0.25) is 0 Å². The van der Waals surface area contributed by atoms with Gasteiger partial charge < -0.3 is 0 Å². The number of hydrogen-bond donors (Lipinski definition) is 0. The first kappa shape index (κ1) is 10.9. The molecule has 0 unspecified atom stereocenters. The Labute approximate surface area is 105 Å². The van der Waals surface area contributed by atoms with Gasteiger partial charge in [-0.3, -0.25) is 9.97 Å². The van der Waals surface area contributed by atoms with Crippen molar-refractivity contribution in [3.05, 3.63) is 48.7 Å². The normalized spacial score (nSPS) is 11.3. The van der Waals surface area contributed by atoms with E-state index in [1.807, 2.05) is 16.9 Å². The topological polar surface area (TPSA) is 43.1 Å². The second-order valence-electron chi connectivity index (χ2n) is 4.59. The zero-order valence-electron chi connectivity index (χ0n) is 10.4. The Bertz CT molecular complexity index is 671. The van der Waals surface area contributed by atoms with Crippen LogP contribution in [0.25, 0.3) is 16.8 Å². The molecule has 0 aliphatic carbocycles. The zero-order chi connectivity index (χ0) is 12.5. The lowest BCUT2D eigenvalue weighted by Gasteiger charge is -2.04. The molecule has 3 rings (SSSR count). The van der Waals surface area contributed by atoms with Crippen LogP contribution in [-0.2, 0) is 0 Å². The molecule has 90 valence electrons. The number of rotatable bonds is 2. The van der Waals surface area contributed by atoms with Crippen LogP contribution >= 0.6 is 0 Å². The van der Waals surface area contributed by atoms with Crippen molar-refractivity contribution in [3.8, 4) is 11.3 Å². The molecule has 0 fully saturated rings. The van der Waals surface area contributed by atoms with Gasteiger partial charge in [0.05, 0.1) is 23.6 Å². The summed E-state index contributed by atoms with van der Waals surface area (Å²) in [4.78, 5) is 8.38. The van der Waals surface area contributed by atoms with Gasteiger partial charge in [0.1, 0.15) is 0 Å². The van der Waals surface area contributed by atoms with Gasteiger partial charge in [-0.25, -0.2) is 4.52 Å². The number of pyridine rings is 1. The van der Waals surface area contributed by atoms with Gasteiger partial charge in [0.25, 0.3) is 0 Å².